The summed E-state index contributed by atoms with van der Waals surface area (Å²) in [6.45, 7) is 0.249. The largest absolute Gasteiger partial charge is 0.392 e. The van der Waals surface area contributed by atoms with E-state index in [1.165, 1.54) is 0 Å². The number of azide groups is 1. The molecule has 0 aliphatic carbocycles. The van der Waals surface area contributed by atoms with E-state index in [2.05, 4.69) is 10.0 Å². The molecular weight excluding hydrogens is 132 g/mol. The molecule has 1 atom stereocenters. The maximum atomic E-state index is 8.87. The van der Waals surface area contributed by atoms with E-state index in [1.807, 2.05) is 6.07 Å². The zero-order chi connectivity index (χ0) is 7.82. The van der Waals surface area contributed by atoms with E-state index in [-0.39, 0.29) is 13.0 Å². The maximum absolute atomic E-state index is 8.87. The van der Waals surface area contributed by atoms with Crippen LogP contribution in [0.25, 0.3) is 10.4 Å². The molecule has 0 fully saturated rings. The molecule has 1 N–H and O–H groups in total. The molecule has 0 aromatic carbocycles. The molecule has 0 saturated heterocycles. The Morgan fingerprint density at radius 3 is 3.00 bits per heavy atom. The van der Waals surface area contributed by atoms with Crippen molar-refractivity contribution in [3.05, 3.63) is 10.4 Å². The average Bonchev–Trinajstić information content (AvgIpc) is 1.89. The van der Waals surface area contributed by atoms with Crippen molar-refractivity contribution in [1.29, 1.82) is 5.26 Å². The third-order valence-electron chi connectivity index (χ3n) is 0.952. The summed E-state index contributed by atoms with van der Waals surface area (Å²) >= 11 is 0. The monoisotopic (exact) mass is 140 g/mol. The highest BCUT2D eigenvalue weighted by atomic mass is 16.3. The van der Waals surface area contributed by atoms with Gasteiger partial charge in [0.2, 0.25) is 0 Å². The highest BCUT2D eigenvalue weighted by molar-refractivity contribution is 4.75. The van der Waals surface area contributed by atoms with Crippen LogP contribution in [-0.4, -0.2) is 17.8 Å². The van der Waals surface area contributed by atoms with Gasteiger partial charge in [0.15, 0.2) is 0 Å². The molecule has 0 aliphatic heterocycles. The molecule has 0 saturated carbocycles. The van der Waals surface area contributed by atoms with Crippen LogP contribution < -0.4 is 0 Å². The van der Waals surface area contributed by atoms with E-state index >= 15 is 0 Å². The van der Waals surface area contributed by atoms with Crippen molar-refractivity contribution in [3.63, 3.8) is 0 Å². The lowest BCUT2D eigenvalue weighted by molar-refractivity contribution is 0.172. The molecular formula is C5H8N4O. The van der Waals surface area contributed by atoms with Crippen LogP contribution in [0.15, 0.2) is 5.11 Å². The Kier molecular flexibility index (Phi) is 5.16. The minimum absolute atomic E-state index is 0.0982. The Hall–Kier alpha value is -1.24. The summed E-state index contributed by atoms with van der Waals surface area (Å²) in [6, 6.07) is 1.81. The number of aliphatic hydroxyl groups is 1. The minimum Gasteiger partial charge on any atom is -0.392 e. The first-order chi connectivity index (χ1) is 4.81. The van der Waals surface area contributed by atoms with Gasteiger partial charge in [-0.3, -0.25) is 0 Å². The molecule has 0 spiro atoms. The van der Waals surface area contributed by atoms with E-state index in [0.29, 0.717) is 6.42 Å². The fourth-order valence-electron chi connectivity index (χ4n) is 0.459. The summed E-state index contributed by atoms with van der Waals surface area (Å²) in [5, 5.41) is 20.2. The highest BCUT2D eigenvalue weighted by Crippen LogP contribution is 1.95. The molecule has 0 bridgehead atoms. The van der Waals surface area contributed by atoms with Gasteiger partial charge in [-0.1, -0.05) is 5.11 Å². The molecule has 10 heavy (non-hydrogen) atoms. The second-order valence-electron chi connectivity index (χ2n) is 1.76. The van der Waals surface area contributed by atoms with Crippen LogP contribution in [0.3, 0.4) is 0 Å². The number of hydrogen-bond acceptors (Lipinski definition) is 3. The maximum Gasteiger partial charge on any atom is 0.0671 e. The summed E-state index contributed by atoms with van der Waals surface area (Å²) in [5.74, 6) is 0. The second-order valence-corrected chi connectivity index (χ2v) is 1.76. The fraction of sp³-hybridized carbons (Fsp3) is 0.800. The van der Waals surface area contributed by atoms with Gasteiger partial charge in [-0.15, -0.1) is 0 Å². The van der Waals surface area contributed by atoms with E-state index in [1.54, 1.807) is 0 Å². The third kappa shape index (κ3) is 4.91. The van der Waals surface area contributed by atoms with Crippen molar-refractivity contribution in [2.45, 2.75) is 18.9 Å². The summed E-state index contributed by atoms with van der Waals surface area (Å²) in [6.07, 6.45) is -0.200. The SMILES string of the molecule is N#CC[C@H](O)CCN=[N+]=[N-]. The van der Waals surface area contributed by atoms with Crippen LogP contribution in [0.1, 0.15) is 12.8 Å². The van der Waals surface area contributed by atoms with Gasteiger partial charge in [-0.2, -0.15) is 5.26 Å². The predicted molar refractivity (Wildman–Crippen MR) is 34.9 cm³/mol. The van der Waals surface area contributed by atoms with Gasteiger partial charge in [-0.25, -0.2) is 0 Å². The average molecular weight is 140 g/mol. The first-order valence-corrected chi connectivity index (χ1v) is 2.87. The molecule has 54 valence electrons. The lowest BCUT2D eigenvalue weighted by Gasteiger charge is -2.00. The molecule has 0 aliphatic rings. The number of hydrogen-bond donors (Lipinski definition) is 1. The van der Waals surface area contributed by atoms with Crippen molar-refractivity contribution >= 4 is 0 Å². The first kappa shape index (κ1) is 8.76. The Morgan fingerprint density at radius 1 is 1.80 bits per heavy atom. The lowest BCUT2D eigenvalue weighted by Crippen LogP contribution is -2.05. The van der Waals surface area contributed by atoms with E-state index in [4.69, 9.17) is 15.9 Å². The normalized spacial score (nSPS) is 11.2. The van der Waals surface area contributed by atoms with Gasteiger partial charge >= 0.3 is 0 Å². The Labute approximate surface area is 58.5 Å². The molecule has 5 nitrogen and oxygen atoms in total. The van der Waals surface area contributed by atoms with Gasteiger partial charge in [-0.05, 0) is 12.0 Å². The van der Waals surface area contributed by atoms with Gasteiger partial charge in [0.1, 0.15) is 0 Å². The molecule has 0 radical (unpaired) electrons. The molecule has 0 aromatic rings. The highest BCUT2D eigenvalue weighted by Gasteiger charge is 1.99. The standard InChI is InChI=1S/C5H8N4O/c6-3-1-5(10)2-4-8-9-7/h5,10H,1-2,4H2/t5-/m0/s1. The molecule has 0 aromatic heterocycles. The third-order valence-corrected chi connectivity index (χ3v) is 0.952. The second kappa shape index (κ2) is 5.89. The van der Waals surface area contributed by atoms with Crippen LogP contribution in [-0.2, 0) is 0 Å². The van der Waals surface area contributed by atoms with Gasteiger partial charge in [0, 0.05) is 11.5 Å². The van der Waals surface area contributed by atoms with Crippen LogP contribution in [0, 0.1) is 11.3 Å². The number of aliphatic hydroxyl groups excluding tert-OH is 1. The van der Waals surface area contributed by atoms with E-state index in [9.17, 15) is 0 Å². The number of rotatable bonds is 4. The van der Waals surface area contributed by atoms with Crippen LogP contribution in [0.5, 0.6) is 0 Å². The zero-order valence-corrected chi connectivity index (χ0v) is 5.43. The summed E-state index contributed by atoms with van der Waals surface area (Å²) < 4.78 is 0. The van der Waals surface area contributed by atoms with Crippen molar-refractivity contribution in [1.82, 2.24) is 0 Å². The van der Waals surface area contributed by atoms with Crippen LogP contribution in [0.4, 0.5) is 0 Å². The predicted octanol–water partition coefficient (Wildman–Crippen LogP) is 0.961. The number of nitriles is 1. The molecule has 0 heterocycles. The molecule has 0 unspecified atom stereocenters. The van der Waals surface area contributed by atoms with Gasteiger partial charge < -0.3 is 5.11 Å². The topological polar surface area (TPSA) is 92.8 Å². The van der Waals surface area contributed by atoms with Crippen molar-refractivity contribution in [2.24, 2.45) is 5.11 Å². The summed E-state index contributed by atoms with van der Waals surface area (Å²) in [7, 11) is 0. The number of nitrogens with zero attached hydrogens (tertiary/aromatic N) is 4. The molecule has 0 amide bonds. The van der Waals surface area contributed by atoms with Gasteiger partial charge in [0.25, 0.3) is 0 Å². The van der Waals surface area contributed by atoms with Crippen molar-refractivity contribution < 1.29 is 5.11 Å². The molecule has 0 rings (SSSR count). The quantitative estimate of drug-likeness (QED) is 0.357. The summed E-state index contributed by atoms with van der Waals surface area (Å²) in [5.41, 5.74) is 7.82. The Bertz CT molecular complexity index is 167. The minimum atomic E-state index is -0.657. The van der Waals surface area contributed by atoms with Crippen LogP contribution in [0.2, 0.25) is 0 Å². The van der Waals surface area contributed by atoms with Crippen molar-refractivity contribution in [2.75, 3.05) is 6.54 Å². The van der Waals surface area contributed by atoms with E-state index < -0.39 is 6.10 Å². The van der Waals surface area contributed by atoms with E-state index in [0.717, 1.165) is 0 Å². The van der Waals surface area contributed by atoms with Crippen molar-refractivity contribution in [3.8, 4) is 6.07 Å². The lowest BCUT2D eigenvalue weighted by atomic mass is 10.2. The first-order valence-electron chi connectivity index (χ1n) is 2.87. The van der Waals surface area contributed by atoms with Gasteiger partial charge in [0.05, 0.1) is 18.6 Å². The zero-order valence-electron chi connectivity index (χ0n) is 5.43. The Balaban J connectivity index is 3.31. The van der Waals surface area contributed by atoms with Crippen LogP contribution >= 0.6 is 0 Å². The Morgan fingerprint density at radius 2 is 2.50 bits per heavy atom. The smallest absolute Gasteiger partial charge is 0.0671 e. The molecule has 5 heteroatoms. The summed E-state index contributed by atoms with van der Waals surface area (Å²) in [4.78, 5) is 2.50. The fourth-order valence-corrected chi connectivity index (χ4v) is 0.459.